The van der Waals surface area contributed by atoms with Crippen LogP contribution in [-0.4, -0.2) is 54.4 Å². The lowest BCUT2D eigenvalue weighted by Gasteiger charge is -2.30. The molecule has 2 aromatic carbocycles. The standard InChI is InChI=1S/C15H15NO4.C12H9FN2O2/c1-16-12-8-11(4-6-15(18)9-19-10-15)2-3-13(12)20-7-5-14(16)17;13-9-3-1-2-4-11(9)17-8-5-6-15-10(7-8)12(14)16/h2-3,8,18H,5,7,9-10H2,1H3;1-7H,(H2,14,16). The number of pyridine rings is 1. The number of nitrogens with two attached hydrogens (primary N) is 1. The van der Waals surface area contributed by atoms with E-state index >= 15 is 0 Å². The monoisotopic (exact) mass is 505 g/mol. The van der Waals surface area contributed by atoms with E-state index in [1.807, 2.05) is 6.07 Å². The van der Waals surface area contributed by atoms with Crippen LogP contribution in [0.25, 0.3) is 0 Å². The molecular formula is C27H24FN3O6. The van der Waals surface area contributed by atoms with Gasteiger partial charge in [-0.1, -0.05) is 24.0 Å². The predicted molar refractivity (Wildman–Crippen MR) is 132 cm³/mol. The van der Waals surface area contributed by atoms with Crippen LogP contribution in [0.3, 0.4) is 0 Å². The van der Waals surface area contributed by atoms with Gasteiger partial charge in [-0.05, 0) is 36.4 Å². The summed E-state index contributed by atoms with van der Waals surface area (Å²) >= 11 is 0. The zero-order chi connectivity index (χ0) is 26.4. The van der Waals surface area contributed by atoms with Gasteiger partial charge in [0.1, 0.15) is 17.2 Å². The Balaban J connectivity index is 0.000000176. The van der Waals surface area contributed by atoms with Crippen LogP contribution in [0.15, 0.2) is 60.8 Å². The van der Waals surface area contributed by atoms with Crippen molar-refractivity contribution < 1.29 is 33.3 Å². The molecule has 0 atom stereocenters. The Kier molecular flexibility index (Phi) is 7.67. The first-order valence-corrected chi connectivity index (χ1v) is 11.3. The summed E-state index contributed by atoms with van der Waals surface area (Å²) in [6, 6.07) is 14.3. The maximum Gasteiger partial charge on any atom is 0.267 e. The summed E-state index contributed by atoms with van der Waals surface area (Å²) in [6.45, 7) is 0.872. The number of carbonyl (C=O) groups excluding carboxylic acids is 2. The molecule has 9 nitrogen and oxygen atoms in total. The van der Waals surface area contributed by atoms with Crippen molar-refractivity contribution in [2.24, 2.45) is 5.73 Å². The molecule has 3 aromatic rings. The van der Waals surface area contributed by atoms with Gasteiger partial charge in [0.25, 0.3) is 5.91 Å². The fraction of sp³-hybridized carbons (Fsp3) is 0.222. The van der Waals surface area contributed by atoms with Crippen LogP contribution < -0.4 is 20.1 Å². The van der Waals surface area contributed by atoms with Crippen molar-refractivity contribution in [3.63, 3.8) is 0 Å². The van der Waals surface area contributed by atoms with Gasteiger partial charge in [0.2, 0.25) is 5.91 Å². The third-order valence-corrected chi connectivity index (χ3v) is 5.44. The molecule has 2 aliphatic heterocycles. The number of para-hydroxylation sites is 1. The fourth-order valence-electron chi connectivity index (χ4n) is 3.35. The van der Waals surface area contributed by atoms with Crippen LogP contribution in [0.2, 0.25) is 0 Å². The predicted octanol–water partition coefficient (Wildman–Crippen LogP) is 2.66. The number of ether oxygens (including phenoxy) is 3. The summed E-state index contributed by atoms with van der Waals surface area (Å²) in [4.78, 5) is 28.0. The quantitative estimate of drug-likeness (QED) is 0.525. The molecule has 0 saturated carbocycles. The molecule has 3 heterocycles. The molecule has 2 aliphatic rings. The second-order valence-corrected chi connectivity index (χ2v) is 8.28. The summed E-state index contributed by atoms with van der Waals surface area (Å²) in [5.74, 6) is 5.64. The van der Waals surface area contributed by atoms with Crippen LogP contribution in [0, 0.1) is 17.7 Å². The third kappa shape index (κ3) is 6.41. The highest BCUT2D eigenvalue weighted by molar-refractivity contribution is 5.95. The van der Waals surface area contributed by atoms with E-state index in [2.05, 4.69) is 16.8 Å². The van der Waals surface area contributed by atoms with E-state index in [4.69, 9.17) is 19.9 Å². The van der Waals surface area contributed by atoms with Gasteiger partial charge in [-0.2, -0.15) is 0 Å². The zero-order valence-corrected chi connectivity index (χ0v) is 19.9. The molecule has 0 aliphatic carbocycles. The molecule has 190 valence electrons. The average Bonchev–Trinajstić information content (AvgIpc) is 3.01. The maximum absolute atomic E-state index is 13.3. The minimum Gasteiger partial charge on any atom is -0.491 e. The number of rotatable bonds is 3. The molecule has 37 heavy (non-hydrogen) atoms. The number of aromatic nitrogens is 1. The number of hydrogen-bond acceptors (Lipinski definition) is 7. The van der Waals surface area contributed by atoms with E-state index in [9.17, 15) is 19.1 Å². The van der Waals surface area contributed by atoms with Crippen LogP contribution in [0.1, 0.15) is 22.5 Å². The molecular weight excluding hydrogens is 481 g/mol. The third-order valence-electron chi connectivity index (χ3n) is 5.44. The van der Waals surface area contributed by atoms with Crippen molar-refractivity contribution in [2.75, 3.05) is 31.8 Å². The first kappa shape index (κ1) is 25.6. The molecule has 0 bridgehead atoms. The van der Waals surface area contributed by atoms with Crippen molar-refractivity contribution in [1.82, 2.24) is 4.98 Å². The van der Waals surface area contributed by atoms with Crippen LogP contribution in [0.4, 0.5) is 10.1 Å². The largest absolute Gasteiger partial charge is 0.491 e. The van der Waals surface area contributed by atoms with Crippen LogP contribution in [-0.2, 0) is 9.53 Å². The molecule has 1 saturated heterocycles. The Morgan fingerprint density at radius 2 is 2.00 bits per heavy atom. The van der Waals surface area contributed by atoms with Gasteiger partial charge in [-0.3, -0.25) is 14.6 Å². The summed E-state index contributed by atoms with van der Waals surface area (Å²) in [7, 11) is 1.72. The van der Waals surface area contributed by atoms with E-state index < -0.39 is 17.3 Å². The molecule has 3 N–H and O–H groups in total. The maximum atomic E-state index is 13.3. The van der Waals surface area contributed by atoms with E-state index in [1.54, 1.807) is 36.2 Å². The van der Waals surface area contributed by atoms with Gasteiger partial charge >= 0.3 is 0 Å². The lowest BCUT2D eigenvalue weighted by Crippen LogP contribution is -2.48. The summed E-state index contributed by atoms with van der Waals surface area (Å²) in [5, 5.41) is 9.86. The molecule has 1 fully saturated rings. The van der Waals surface area contributed by atoms with Crippen molar-refractivity contribution in [3.8, 4) is 29.1 Å². The highest BCUT2D eigenvalue weighted by atomic mass is 19.1. The first-order chi connectivity index (χ1) is 17.7. The average molecular weight is 506 g/mol. The van der Waals surface area contributed by atoms with Gasteiger partial charge in [-0.15, -0.1) is 0 Å². The fourth-order valence-corrected chi connectivity index (χ4v) is 3.35. The number of nitrogens with zero attached hydrogens (tertiary/aromatic N) is 2. The van der Waals surface area contributed by atoms with Crippen molar-refractivity contribution in [1.29, 1.82) is 0 Å². The second kappa shape index (κ2) is 11.1. The molecule has 1 aromatic heterocycles. The van der Waals surface area contributed by atoms with Crippen LogP contribution in [0.5, 0.6) is 17.2 Å². The number of fused-ring (bicyclic) bond motifs is 1. The number of carbonyl (C=O) groups is 2. The highest BCUT2D eigenvalue weighted by Crippen LogP contribution is 2.31. The highest BCUT2D eigenvalue weighted by Gasteiger charge is 2.33. The topological polar surface area (TPSA) is 124 Å². The number of primary amides is 1. The van der Waals surface area contributed by atoms with Gasteiger partial charge < -0.3 is 30.0 Å². The summed E-state index contributed by atoms with van der Waals surface area (Å²) in [5.41, 5.74) is 5.54. The van der Waals surface area contributed by atoms with Crippen molar-refractivity contribution in [3.05, 3.63) is 77.9 Å². The molecule has 0 radical (unpaired) electrons. The molecule has 2 amide bonds. The van der Waals surface area contributed by atoms with Crippen molar-refractivity contribution >= 4 is 17.5 Å². The summed E-state index contributed by atoms with van der Waals surface area (Å²) < 4.78 is 29.1. The Labute approximate surface area is 212 Å². The van der Waals surface area contributed by atoms with Gasteiger partial charge in [0.05, 0.1) is 31.9 Å². The zero-order valence-electron chi connectivity index (χ0n) is 19.9. The second-order valence-electron chi connectivity index (χ2n) is 8.28. The van der Waals surface area contributed by atoms with E-state index in [1.165, 1.54) is 30.5 Å². The van der Waals surface area contributed by atoms with E-state index in [0.717, 1.165) is 5.56 Å². The van der Waals surface area contributed by atoms with Gasteiger partial charge in [0.15, 0.2) is 17.2 Å². The number of halogens is 1. The molecule has 0 unspecified atom stereocenters. The number of hydrogen-bond donors (Lipinski definition) is 2. The lowest BCUT2D eigenvalue weighted by molar-refractivity contribution is -0.140. The van der Waals surface area contributed by atoms with E-state index in [-0.39, 0.29) is 30.6 Å². The van der Waals surface area contributed by atoms with E-state index in [0.29, 0.717) is 30.2 Å². The normalized spacial score (nSPS) is 15.3. The molecule has 10 heteroatoms. The smallest absolute Gasteiger partial charge is 0.267 e. The Morgan fingerprint density at radius 3 is 2.70 bits per heavy atom. The lowest BCUT2D eigenvalue weighted by atomic mass is 10.0. The Morgan fingerprint density at radius 1 is 1.22 bits per heavy atom. The SMILES string of the molecule is CN1C(=O)CCOc2ccc(C#CC3(O)COC3)cc21.NC(=O)c1cc(Oc2ccccc2F)ccn1. The van der Waals surface area contributed by atoms with Crippen LogP contribution >= 0.6 is 0 Å². The molecule has 0 spiro atoms. The Bertz CT molecular complexity index is 1380. The Hall–Kier alpha value is -4.46. The number of amides is 2. The van der Waals surface area contributed by atoms with Gasteiger partial charge in [0, 0.05) is 24.9 Å². The number of aliphatic hydroxyl groups is 1. The minimum absolute atomic E-state index is 0.0138. The number of anilines is 1. The molecule has 5 rings (SSSR count). The first-order valence-electron chi connectivity index (χ1n) is 11.3. The van der Waals surface area contributed by atoms with Gasteiger partial charge in [-0.25, -0.2) is 4.39 Å². The van der Waals surface area contributed by atoms with Crippen molar-refractivity contribution in [2.45, 2.75) is 12.0 Å². The summed E-state index contributed by atoms with van der Waals surface area (Å²) in [6.07, 6.45) is 1.74. The minimum atomic E-state index is -1.04. The number of benzene rings is 2.